The van der Waals surface area contributed by atoms with Gasteiger partial charge in [0, 0.05) is 50.0 Å². The molecule has 6 rings (SSSR count). The van der Waals surface area contributed by atoms with Crippen LogP contribution in [0.15, 0.2) is 60.7 Å². The van der Waals surface area contributed by atoms with E-state index >= 15 is 0 Å². The van der Waals surface area contributed by atoms with Crippen molar-refractivity contribution in [2.75, 3.05) is 13.2 Å². The quantitative estimate of drug-likeness (QED) is 0.408. The number of amides is 1. The van der Waals surface area contributed by atoms with Crippen LogP contribution in [0.5, 0.6) is 0 Å². The summed E-state index contributed by atoms with van der Waals surface area (Å²) >= 11 is 0. The lowest BCUT2D eigenvalue weighted by atomic mass is 9.43. The topological polar surface area (TPSA) is 106 Å². The third-order valence-corrected chi connectivity index (χ3v) is 9.60. The summed E-state index contributed by atoms with van der Waals surface area (Å²) in [4.78, 5) is 33.3. The van der Waals surface area contributed by atoms with Crippen molar-refractivity contribution >= 4 is 11.7 Å². The highest BCUT2D eigenvalue weighted by molar-refractivity contribution is 6.06. The maximum atomic E-state index is 14.2. The first-order valence-electron chi connectivity index (χ1n) is 13.5. The predicted molar refractivity (Wildman–Crippen MR) is 143 cm³/mol. The van der Waals surface area contributed by atoms with Gasteiger partial charge < -0.3 is 10.4 Å². The Kier molecular flexibility index (Phi) is 6.87. The number of carbonyl (C=O) groups is 2. The van der Waals surface area contributed by atoms with Crippen molar-refractivity contribution in [3.05, 3.63) is 77.4 Å². The van der Waals surface area contributed by atoms with Crippen LogP contribution in [0.25, 0.3) is 0 Å². The molecule has 198 valence electrons. The molecule has 2 N–H and O–H groups in total. The zero-order valence-electron chi connectivity index (χ0n) is 22.4. The molecule has 4 fully saturated rings. The van der Waals surface area contributed by atoms with E-state index in [1.807, 2.05) is 12.1 Å². The number of nitriles is 1. The third kappa shape index (κ3) is 4.52. The maximum absolute atomic E-state index is 14.2. The molecule has 7 heteroatoms. The van der Waals surface area contributed by atoms with Crippen LogP contribution in [0, 0.1) is 40.4 Å². The van der Waals surface area contributed by atoms with Gasteiger partial charge in [-0.05, 0) is 83.9 Å². The second-order valence-corrected chi connectivity index (χ2v) is 11.9. The lowest BCUT2D eigenvalue weighted by Gasteiger charge is -2.62. The first-order chi connectivity index (χ1) is 18.2. The molecule has 38 heavy (non-hydrogen) atoms. The summed E-state index contributed by atoms with van der Waals surface area (Å²) in [6, 6.07) is 12.3. The summed E-state index contributed by atoms with van der Waals surface area (Å²) in [6.07, 6.45) is 7.83. The van der Waals surface area contributed by atoms with Crippen molar-refractivity contribution in [1.82, 2.24) is 15.2 Å². The van der Waals surface area contributed by atoms with Gasteiger partial charge in [-0.2, -0.15) is 5.26 Å². The van der Waals surface area contributed by atoms with Crippen molar-refractivity contribution in [3.63, 3.8) is 0 Å². The first-order valence-corrected chi connectivity index (χ1v) is 13.5. The number of benzene rings is 1. The molecule has 2 aromatic rings. The smallest absolute Gasteiger partial charge is 0.254 e. The van der Waals surface area contributed by atoms with Crippen LogP contribution in [-0.2, 0) is 11.2 Å². The molecule has 2 bridgehead atoms. The monoisotopic (exact) mass is 512 g/mol. The minimum atomic E-state index is -1.05. The van der Waals surface area contributed by atoms with E-state index in [0.29, 0.717) is 59.0 Å². The van der Waals surface area contributed by atoms with Gasteiger partial charge in [0.2, 0.25) is 0 Å². The number of allylic oxidation sites excluding steroid dienone is 1. The number of nitrogens with one attached hydrogen (secondary N) is 1. The van der Waals surface area contributed by atoms with Gasteiger partial charge in [0.05, 0.1) is 11.6 Å². The molecule has 5 atom stereocenters. The largest absolute Gasteiger partial charge is 0.396 e. The molecule has 7 nitrogen and oxygen atoms in total. The molecule has 1 saturated heterocycles. The highest BCUT2D eigenvalue weighted by Gasteiger charge is 2.57. The molecule has 5 unspecified atom stereocenters. The Morgan fingerprint density at radius 3 is 2.53 bits per heavy atom. The van der Waals surface area contributed by atoms with E-state index in [0.717, 1.165) is 12.0 Å². The number of rotatable bonds is 8. The number of hydrogen-bond acceptors (Lipinski definition) is 6. The van der Waals surface area contributed by atoms with E-state index in [1.165, 1.54) is 12.5 Å². The van der Waals surface area contributed by atoms with Gasteiger partial charge in [-0.25, -0.2) is 0 Å². The van der Waals surface area contributed by atoms with Gasteiger partial charge in [0.25, 0.3) is 5.91 Å². The zero-order valence-corrected chi connectivity index (χ0v) is 22.4. The fraction of sp³-hybridized carbons (Fsp3) is 0.484. The third-order valence-electron chi connectivity index (χ3n) is 9.60. The van der Waals surface area contributed by atoms with E-state index in [9.17, 15) is 14.7 Å². The summed E-state index contributed by atoms with van der Waals surface area (Å²) in [7, 11) is 0. The number of aromatic nitrogens is 1. The molecule has 4 aliphatic rings. The second-order valence-electron chi connectivity index (χ2n) is 11.9. The zero-order chi connectivity index (χ0) is 27.1. The normalized spacial score (nSPS) is 30.4. The summed E-state index contributed by atoms with van der Waals surface area (Å²) in [5, 5.41) is 22.5. The van der Waals surface area contributed by atoms with Crippen LogP contribution in [0.3, 0.4) is 0 Å². The number of aliphatic hydroxyl groups excluding tert-OH is 1. The van der Waals surface area contributed by atoms with Crippen LogP contribution in [0.4, 0.5) is 0 Å². The Morgan fingerprint density at radius 2 is 1.92 bits per heavy atom. The van der Waals surface area contributed by atoms with Crippen LogP contribution < -0.4 is 5.32 Å². The fourth-order valence-corrected chi connectivity index (χ4v) is 7.10. The number of carbonyl (C=O) groups excluding carboxylic acids is 2. The SMILES string of the molecule is CC1C(CN2C(=O)C(CCO)(Cc3ccncc3)NC2=CC(=O)c2ccc(C#N)cc2)CC2CC1C2(C)C. The Morgan fingerprint density at radius 1 is 1.21 bits per heavy atom. The highest BCUT2D eigenvalue weighted by atomic mass is 16.3. The van der Waals surface area contributed by atoms with E-state index in [4.69, 9.17) is 5.26 Å². The van der Waals surface area contributed by atoms with Gasteiger partial charge >= 0.3 is 0 Å². The Bertz CT molecular complexity index is 1280. The van der Waals surface area contributed by atoms with E-state index in [2.05, 4.69) is 37.1 Å². The van der Waals surface area contributed by atoms with E-state index in [-0.39, 0.29) is 24.7 Å². The van der Waals surface area contributed by atoms with Crippen LogP contribution in [-0.4, -0.2) is 45.4 Å². The molecule has 1 aromatic heterocycles. The molecular formula is C31H36N4O3. The summed E-state index contributed by atoms with van der Waals surface area (Å²) in [5.74, 6) is 2.27. The summed E-state index contributed by atoms with van der Waals surface area (Å²) < 4.78 is 0. The van der Waals surface area contributed by atoms with Crippen LogP contribution in [0.1, 0.15) is 61.5 Å². The van der Waals surface area contributed by atoms with E-state index < -0.39 is 5.54 Å². The van der Waals surface area contributed by atoms with Gasteiger partial charge in [-0.3, -0.25) is 19.5 Å². The molecule has 3 saturated carbocycles. The molecular weight excluding hydrogens is 476 g/mol. The van der Waals surface area contributed by atoms with Gasteiger partial charge in [-0.1, -0.05) is 20.8 Å². The number of pyridine rings is 1. The minimum Gasteiger partial charge on any atom is -0.396 e. The molecule has 1 aliphatic heterocycles. The van der Waals surface area contributed by atoms with Crippen molar-refractivity contribution in [3.8, 4) is 6.07 Å². The number of hydrogen-bond donors (Lipinski definition) is 2. The van der Waals surface area contributed by atoms with Gasteiger partial charge in [-0.15, -0.1) is 0 Å². The van der Waals surface area contributed by atoms with Gasteiger partial charge in [0.1, 0.15) is 11.4 Å². The van der Waals surface area contributed by atoms with Crippen molar-refractivity contribution < 1.29 is 14.7 Å². The van der Waals surface area contributed by atoms with Crippen LogP contribution >= 0.6 is 0 Å². The number of nitrogens with zero attached hydrogens (tertiary/aromatic N) is 3. The van der Waals surface area contributed by atoms with Gasteiger partial charge in [0.15, 0.2) is 5.78 Å². The molecule has 1 aromatic carbocycles. The van der Waals surface area contributed by atoms with E-state index in [1.54, 1.807) is 41.6 Å². The van der Waals surface area contributed by atoms with Crippen LogP contribution in [0.2, 0.25) is 0 Å². The lowest BCUT2D eigenvalue weighted by Crippen LogP contribution is -2.57. The second kappa shape index (κ2) is 9.99. The molecule has 1 amide bonds. The maximum Gasteiger partial charge on any atom is 0.254 e. The Balaban J connectivity index is 1.48. The summed E-state index contributed by atoms with van der Waals surface area (Å²) in [5.41, 5.74) is 1.16. The number of ketones is 1. The standard InChI is InChI=1S/C31H36N4O3/c1-20-24(14-25-15-26(20)30(25,2)3)19-35-28(16-27(37)23-6-4-22(18-32)5-7-23)34-31(10-13-36,29(35)38)17-21-8-11-33-12-9-21/h4-9,11-12,16,20,24-26,34,36H,10,13-15,17,19H2,1-3H3. The highest BCUT2D eigenvalue weighted by Crippen LogP contribution is 2.63. The molecule has 0 radical (unpaired) electrons. The Labute approximate surface area is 224 Å². The Hall–Kier alpha value is -3.50. The number of fused-ring (bicyclic) bond motifs is 2. The van der Waals surface area contributed by atoms with Crippen molar-refractivity contribution in [1.29, 1.82) is 5.26 Å². The summed E-state index contributed by atoms with van der Waals surface area (Å²) in [6.45, 7) is 7.43. The number of aliphatic hydroxyl groups is 1. The molecule has 3 aliphatic carbocycles. The molecule has 2 heterocycles. The van der Waals surface area contributed by atoms with Crippen molar-refractivity contribution in [2.45, 2.75) is 52.0 Å². The lowest BCUT2D eigenvalue weighted by molar-refractivity contribution is -0.142. The predicted octanol–water partition coefficient (Wildman–Crippen LogP) is 4.09. The average Bonchev–Trinajstić information content (AvgIpc) is 3.15. The van der Waals surface area contributed by atoms with Crippen molar-refractivity contribution in [2.24, 2.45) is 29.1 Å². The molecule has 0 spiro atoms. The minimum absolute atomic E-state index is 0.104. The average molecular weight is 513 g/mol. The first kappa shape index (κ1) is 26.1. The fourth-order valence-electron chi connectivity index (χ4n) is 7.10.